The summed E-state index contributed by atoms with van der Waals surface area (Å²) in [5.74, 6) is 0.113. The Bertz CT molecular complexity index is 389. The summed E-state index contributed by atoms with van der Waals surface area (Å²) >= 11 is 5.83. The maximum Gasteiger partial charge on any atom is 0.225 e. The van der Waals surface area contributed by atoms with E-state index in [4.69, 9.17) is 17.3 Å². The lowest BCUT2D eigenvalue weighted by molar-refractivity contribution is -0.126. The van der Waals surface area contributed by atoms with Gasteiger partial charge in [0.15, 0.2) is 0 Å². The molecular formula is C14H21ClN2O. The monoisotopic (exact) mass is 268 g/mol. The van der Waals surface area contributed by atoms with E-state index in [2.05, 4.69) is 5.32 Å². The Balaban J connectivity index is 2.66. The Morgan fingerprint density at radius 3 is 2.28 bits per heavy atom. The van der Waals surface area contributed by atoms with Gasteiger partial charge >= 0.3 is 0 Å². The molecule has 0 spiro atoms. The first-order valence-corrected chi connectivity index (χ1v) is 6.59. The van der Waals surface area contributed by atoms with E-state index in [0.29, 0.717) is 11.6 Å². The van der Waals surface area contributed by atoms with Crippen LogP contribution in [0.3, 0.4) is 0 Å². The lowest BCUT2D eigenvalue weighted by Gasteiger charge is -2.22. The third-order valence-corrected chi connectivity index (χ3v) is 3.38. The van der Waals surface area contributed by atoms with Gasteiger partial charge in [-0.1, -0.05) is 37.6 Å². The molecule has 18 heavy (non-hydrogen) atoms. The highest BCUT2D eigenvalue weighted by atomic mass is 35.5. The van der Waals surface area contributed by atoms with Crippen molar-refractivity contribution in [2.45, 2.75) is 26.8 Å². The van der Waals surface area contributed by atoms with Crippen molar-refractivity contribution < 1.29 is 4.79 Å². The molecule has 1 unspecified atom stereocenters. The van der Waals surface area contributed by atoms with Gasteiger partial charge in [-0.3, -0.25) is 4.79 Å². The average molecular weight is 269 g/mol. The molecule has 100 valence electrons. The normalized spacial score (nSPS) is 14.3. The van der Waals surface area contributed by atoms with Gasteiger partial charge in [0.25, 0.3) is 0 Å². The molecule has 0 fully saturated rings. The van der Waals surface area contributed by atoms with Gasteiger partial charge in [0.2, 0.25) is 5.91 Å². The van der Waals surface area contributed by atoms with Crippen molar-refractivity contribution in [3.05, 3.63) is 34.9 Å². The van der Waals surface area contributed by atoms with Gasteiger partial charge in [0.1, 0.15) is 0 Å². The van der Waals surface area contributed by atoms with E-state index in [9.17, 15) is 4.79 Å². The molecule has 0 aromatic heterocycles. The van der Waals surface area contributed by atoms with Crippen LogP contribution < -0.4 is 11.1 Å². The molecule has 2 atom stereocenters. The summed E-state index contributed by atoms with van der Waals surface area (Å²) in [6, 6.07) is 7.44. The summed E-state index contributed by atoms with van der Waals surface area (Å²) in [4.78, 5) is 12.0. The summed E-state index contributed by atoms with van der Waals surface area (Å²) < 4.78 is 0. The van der Waals surface area contributed by atoms with Crippen molar-refractivity contribution in [1.82, 2.24) is 5.32 Å². The van der Waals surface area contributed by atoms with E-state index in [1.807, 2.05) is 45.0 Å². The number of carbonyl (C=O) groups is 1. The van der Waals surface area contributed by atoms with E-state index in [1.54, 1.807) is 0 Å². The molecule has 0 aliphatic rings. The zero-order chi connectivity index (χ0) is 13.7. The minimum atomic E-state index is -0.139. The van der Waals surface area contributed by atoms with Crippen LogP contribution >= 0.6 is 11.6 Å². The van der Waals surface area contributed by atoms with Crippen molar-refractivity contribution in [3.63, 3.8) is 0 Å². The van der Waals surface area contributed by atoms with Crippen molar-refractivity contribution in [1.29, 1.82) is 0 Å². The zero-order valence-corrected chi connectivity index (χ0v) is 11.9. The van der Waals surface area contributed by atoms with Crippen LogP contribution in [-0.4, -0.2) is 12.5 Å². The number of benzene rings is 1. The Labute approximate surface area is 114 Å². The van der Waals surface area contributed by atoms with Crippen LogP contribution in [0, 0.1) is 11.8 Å². The second kappa shape index (κ2) is 6.76. The maximum atomic E-state index is 12.0. The highest BCUT2D eigenvalue weighted by Crippen LogP contribution is 2.17. The number of nitrogens with one attached hydrogen (secondary N) is 1. The van der Waals surface area contributed by atoms with Crippen LogP contribution in [-0.2, 0) is 4.79 Å². The molecule has 1 aromatic carbocycles. The van der Waals surface area contributed by atoms with E-state index in [0.717, 1.165) is 5.56 Å². The number of hydrogen-bond donors (Lipinski definition) is 2. The predicted octanol–water partition coefficient (Wildman–Crippen LogP) is 2.75. The highest BCUT2D eigenvalue weighted by molar-refractivity contribution is 6.30. The Morgan fingerprint density at radius 1 is 1.28 bits per heavy atom. The molecule has 0 bridgehead atoms. The molecule has 3 nitrogen and oxygen atoms in total. The fraction of sp³-hybridized carbons (Fsp3) is 0.500. The number of halogens is 1. The molecular weight excluding hydrogens is 248 g/mol. The minimum Gasteiger partial charge on any atom is -0.349 e. The van der Waals surface area contributed by atoms with E-state index in [-0.39, 0.29) is 23.8 Å². The number of amides is 1. The molecule has 1 amide bonds. The lowest BCUT2D eigenvalue weighted by Crippen LogP contribution is -2.39. The van der Waals surface area contributed by atoms with Crippen LogP contribution in [0.4, 0.5) is 0 Å². The molecule has 1 aromatic rings. The van der Waals surface area contributed by atoms with Gasteiger partial charge in [0, 0.05) is 11.6 Å². The molecule has 1 rings (SSSR count). The maximum absolute atomic E-state index is 12.0. The largest absolute Gasteiger partial charge is 0.349 e. The Kier molecular flexibility index (Phi) is 5.63. The van der Waals surface area contributed by atoms with Crippen molar-refractivity contribution in [2.24, 2.45) is 17.6 Å². The smallest absolute Gasteiger partial charge is 0.225 e. The quantitative estimate of drug-likeness (QED) is 0.863. The Hall–Kier alpha value is -1.06. The molecule has 0 heterocycles. The Morgan fingerprint density at radius 2 is 1.83 bits per heavy atom. The fourth-order valence-electron chi connectivity index (χ4n) is 1.84. The van der Waals surface area contributed by atoms with Crippen molar-refractivity contribution in [2.75, 3.05) is 6.54 Å². The van der Waals surface area contributed by atoms with Gasteiger partial charge < -0.3 is 11.1 Å². The summed E-state index contributed by atoms with van der Waals surface area (Å²) in [7, 11) is 0. The van der Waals surface area contributed by atoms with Crippen molar-refractivity contribution in [3.8, 4) is 0 Å². The second-order valence-electron chi connectivity index (χ2n) is 4.87. The van der Waals surface area contributed by atoms with E-state index >= 15 is 0 Å². The summed E-state index contributed by atoms with van der Waals surface area (Å²) in [6.45, 7) is 6.33. The van der Waals surface area contributed by atoms with E-state index in [1.165, 1.54) is 0 Å². The lowest BCUT2D eigenvalue weighted by atomic mass is 9.94. The van der Waals surface area contributed by atoms with Gasteiger partial charge in [-0.2, -0.15) is 0 Å². The number of hydrogen-bond acceptors (Lipinski definition) is 2. The van der Waals surface area contributed by atoms with Gasteiger partial charge in [-0.05, 0) is 30.5 Å². The zero-order valence-electron chi connectivity index (χ0n) is 11.1. The van der Waals surface area contributed by atoms with Gasteiger partial charge in [0.05, 0.1) is 12.0 Å². The molecule has 0 aliphatic heterocycles. The number of nitrogens with two attached hydrogens (primary N) is 1. The van der Waals surface area contributed by atoms with Gasteiger partial charge in [-0.25, -0.2) is 0 Å². The van der Waals surface area contributed by atoms with Crippen LogP contribution in [0.15, 0.2) is 24.3 Å². The fourth-order valence-corrected chi connectivity index (χ4v) is 1.96. The van der Waals surface area contributed by atoms with Gasteiger partial charge in [-0.15, -0.1) is 0 Å². The third kappa shape index (κ3) is 4.00. The molecule has 0 saturated carbocycles. The minimum absolute atomic E-state index is 0.00921. The third-order valence-electron chi connectivity index (χ3n) is 3.12. The standard InChI is InChI=1S/C14H21ClN2O/c1-9(2)13(8-16)14(18)17-10(3)11-4-6-12(15)7-5-11/h4-7,9-10,13H,8,16H2,1-3H3,(H,17,18)/t10-,13?/m0/s1. The first-order chi connectivity index (χ1) is 8.45. The topological polar surface area (TPSA) is 55.1 Å². The first kappa shape index (κ1) is 15.0. The SMILES string of the molecule is CC(C)C(CN)C(=O)N[C@@H](C)c1ccc(Cl)cc1. The molecule has 0 radical (unpaired) electrons. The average Bonchev–Trinajstić information content (AvgIpc) is 2.29. The van der Waals surface area contributed by atoms with Crippen molar-refractivity contribution >= 4 is 17.5 Å². The number of rotatable bonds is 5. The van der Waals surface area contributed by atoms with Crippen LogP contribution in [0.1, 0.15) is 32.4 Å². The van der Waals surface area contributed by atoms with E-state index < -0.39 is 0 Å². The first-order valence-electron chi connectivity index (χ1n) is 6.21. The second-order valence-corrected chi connectivity index (χ2v) is 5.30. The van der Waals surface area contributed by atoms with Crippen LogP contribution in [0.5, 0.6) is 0 Å². The van der Waals surface area contributed by atoms with Crippen LogP contribution in [0.25, 0.3) is 0 Å². The predicted molar refractivity (Wildman–Crippen MR) is 75.4 cm³/mol. The summed E-state index contributed by atoms with van der Waals surface area (Å²) in [6.07, 6.45) is 0. The summed E-state index contributed by atoms with van der Waals surface area (Å²) in [5.41, 5.74) is 6.67. The summed E-state index contributed by atoms with van der Waals surface area (Å²) in [5, 5.41) is 3.68. The van der Waals surface area contributed by atoms with Crippen LogP contribution in [0.2, 0.25) is 5.02 Å². The molecule has 0 aliphatic carbocycles. The highest BCUT2D eigenvalue weighted by Gasteiger charge is 2.22. The molecule has 0 saturated heterocycles. The number of carbonyl (C=O) groups excluding carboxylic acids is 1. The molecule has 3 N–H and O–H groups in total. The molecule has 4 heteroatoms.